The number of carbonyl (C=O) groups excluding carboxylic acids is 2. The Morgan fingerprint density at radius 1 is 1.00 bits per heavy atom. The third-order valence-electron chi connectivity index (χ3n) is 5.16. The molecule has 1 fully saturated rings. The molecule has 2 heterocycles. The van der Waals surface area contributed by atoms with Crippen molar-refractivity contribution in [1.82, 2.24) is 4.90 Å². The van der Waals surface area contributed by atoms with E-state index >= 15 is 0 Å². The minimum absolute atomic E-state index is 0.0641. The molecule has 0 unspecified atom stereocenters. The van der Waals surface area contributed by atoms with Gasteiger partial charge in [0.25, 0.3) is 5.91 Å². The Bertz CT molecular complexity index is 858. The van der Waals surface area contributed by atoms with Gasteiger partial charge in [-0.2, -0.15) is 0 Å². The Hall–Kier alpha value is -2.89. The van der Waals surface area contributed by atoms with Crippen molar-refractivity contribution in [3.05, 3.63) is 59.4 Å². The van der Waals surface area contributed by atoms with Crippen molar-refractivity contribution in [2.24, 2.45) is 0 Å². The molecular formula is C20H20FN3O2. The maximum atomic E-state index is 13.0. The van der Waals surface area contributed by atoms with Crippen LogP contribution < -0.4 is 9.80 Å². The number of likely N-dealkylation sites (N-methyl/N-ethyl adjacent to an activating group) is 1. The van der Waals surface area contributed by atoms with Gasteiger partial charge in [0.2, 0.25) is 5.91 Å². The largest absolute Gasteiger partial charge is 0.368 e. The molecule has 134 valence electrons. The molecule has 2 aromatic carbocycles. The number of halogens is 1. The van der Waals surface area contributed by atoms with Gasteiger partial charge in [0.15, 0.2) is 0 Å². The monoisotopic (exact) mass is 353 g/mol. The van der Waals surface area contributed by atoms with Crippen LogP contribution in [0.1, 0.15) is 15.9 Å². The molecule has 6 heteroatoms. The molecule has 4 rings (SSSR count). The summed E-state index contributed by atoms with van der Waals surface area (Å²) in [6.45, 7) is 2.70. The van der Waals surface area contributed by atoms with E-state index in [1.807, 2.05) is 12.1 Å². The van der Waals surface area contributed by atoms with E-state index in [1.54, 1.807) is 16.8 Å². The summed E-state index contributed by atoms with van der Waals surface area (Å²) in [5.41, 5.74) is 3.63. The first-order valence-electron chi connectivity index (χ1n) is 8.72. The standard InChI is InChI=1S/C20H20FN3O2/c1-22-18-7-6-17(12-15(18)13-19(22)25)23-8-10-24(11-9-23)20(26)14-2-4-16(21)5-3-14/h2-7,12H,8-11,13H2,1H3. The maximum Gasteiger partial charge on any atom is 0.253 e. The number of carbonyl (C=O) groups is 2. The third-order valence-corrected chi connectivity index (χ3v) is 5.16. The van der Waals surface area contributed by atoms with Gasteiger partial charge in [-0.25, -0.2) is 4.39 Å². The van der Waals surface area contributed by atoms with Gasteiger partial charge in [0.05, 0.1) is 6.42 Å². The summed E-state index contributed by atoms with van der Waals surface area (Å²) in [4.78, 5) is 30.1. The molecule has 0 atom stereocenters. The summed E-state index contributed by atoms with van der Waals surface area (Å²) in [6.07, 6.45) is 0.447. The maximum absolute atomic E-state index is 13.0. The number of rotatable bonds is 2. The molecule has 0 saturated carbocycles. The van der Waals surface area contributed by atoms with E-state index in [9.17, 15) is 14.0 Å². The van der Waals surface area contributed by atoms with Crippen LogP contribution in [0.15, 0.2) is 42.5 Å². The summed E-state index contributed by atoms with van der Waals surface area (Å²) < 4.78 is 13.0. The van der Waals surface area contributed by atoms with Gasteiger partial charge in [-0.05, 0) is 48.0 Å². The van der Waals surface area contributed by atoms with Gasteiger partial charge >= 0.3 is 0 Å². The highest BCUT2D eigenvalue weighted by Gasteiger charge is 2.26. The second-order valence-electron chi connectivity index (χ2n) is 6.73. The lowest BCUT2D eigenvalue weighted by atomic mass is 10.1. The number of benzene rings is 2. The SMILES string of the molecule is CN1C(=O)Cc2cc(N3CCN(C(=O)c4ccc(F)cc4)CC3)ccc21. The van der Waals surface area contributed by atoms with Gasteiger partial charge in [-0.1, -0.05) is 0 Å². The van der Waals surface area contributed by atoms with E-state index in [4.69, 9.17) is 0 Å². The molecule has 0 N–H and O–H groups in total. The smallest absolute Gasteiger partial charge is 0.253 e. The number of hydrogen-bond acceptors (Lipinski definition) is 3. The fourth-order valence-electron chi connectivity index (χ4n) is 3.60. The molecule has 5 nitrogen and oxygen atoms in total. The Morgan fingerprint density at radius 3 is 2.38 bits per heavy atom. The predicted molar refractivity (Wildman–Crippen MR) is 98.1 cm³/mol. The van der Waals surface area contributed by atoms with Gasteiger partial charge in [-0.3, -0.25) is 9.59 Å². The fourth-order valence-corrected chi connectivity index (χ4v) is 3.60. The van der Waals surface area contributed by atoms with Crippen LogP contribution in [0.4, 0.5) is 15.8 Å². The zero-order valence-electron chi connectivity index (χ0n) is 14.6. The van der Waals surface area contributed by atoms with Crippen LogP contribution >= 0.6 is 0 Å². The Kier molecular flexibility index (Phi) is 4.11. The van der Waals surface area contributed by atoms with Crippen LogP contribution in [-0.4, -0.2) is 49.9 Å². The number of amides is 2. The van der Waals surface area contributed by atoms with Crippen molar-refractivity contribution >= 4 is 23.2 Å². The van der Waals surface area contributed by atoms with E-state index in [0.717, 1.165) is 30.0 Å². The second kappa shape index (κ2) is 6.44. The van der Waals surface area contributed by atoms with E-state index in [1.165, 1.54) is 24.3 Å². The molecule has 0 aliphatic carbocycles. The summed E-state index contributed by atoms with van der Waals surface area (Å²) in [6, 6.07) is 11.8. The van der Waals surface area contributed by atoms with Crippen molar-refractivity contribution in [3.63, 3.8) is 0 Å². The van der Waals surface area contributed by atoms with E-state index in [0.29, 0.717) is 25.1 Å². The van der Waals surface area contributed by atoms with Crippen molar-refractivity contribution in [2.45, 2.75) is 6.42 Å². The molecule has 2 amide bonds. The molecule has 2 aromatic rings. The Balaban J connectivity index is 1.43. The highest BCUT2D eigenvalue weighted by atomic mass is 19.1. The number of hydrogen-bond donors (Lipinski definition) is 0. The molecule has 0 aromatic heterocycles. The first-order chi connectivity index (χ1) is 12.5. The van der Waals surface area contributed by atoms with E-state index in [-0.39, 0.29) is 17.6 Å². The molecule has 0 radical (unpaired) electrons. The zero-order valence-corrected chi connectivity index (χ0v) is 14.6. The number of fused-ring (bicyclic) bond motifs is 1. The van der Waals surface area contributed by atoms with Crippen molar-refractivity contribution < 1.29 is 14.0 Å². The number of nitrogens with zero attached hydrogens (tertiary/aromatic N) is 3. The quantitative estimate of drug-likeness (QED) is 0.832. The number of piperazine rings is 1. The second-order valence-corrected chi connectivity index (χ2v) is 6.73. The first kappa shape index (κ1) is 16.6. The van der Waals surface area contributed by atoms with Crippen LogP contribution in [0.2, 0.25) is 0 Å². The Labute approximate surface area is 151 Å². The van der Waals surface area contributed by atoms with Crippen LogP contribution in [0.3, 0.4) is 0 Å². The topological polar surface area (TPSA) is 43.9 Å². The molecule has 1 saturated heterocycles. The molecule has 26 heavy (non-hydrogen) atoms. The lowest BCUT2D eigenvalue weighted by molar-refractivity contribution is -0.117. The van der Waals surface area contributed by atoms with Crippen LogP contribution in [0.25, 0.3) is 0 Å². The summed E-state index contributed by atoms with van der Waals surface area (Å²) in [7, 11) is 1.80. The highest BCUT2D eigenvalue weighted by molar-refractivity contribution is 6.01. The van der Waals surface area contributed by atoms with Crippen LogP contribution in [0, 0.1) is 5.82 Å². The molecule has 0 spiro atoms. The van der Waals surface area contributed by atoms with E-state index in [2.05, 4.69) is 11.0 Å². The fraction of sp³-hybridized carbons (Fsp3) is 0.300. The number of anilines is 2. The van der Waals surface area contributed by atoms with Crippen LogP contribution in [-0.2, 0) is 11.2 Å². The lowest BCUT2D eigenvalue weighted by Gasteiger charge is -2.36. The molecular weight excluding hydrogens is 333 g/mol. The van der Waals surface area contributed by atoms with Gasteiger partial charge in [0.1, 0.15) is 5.82 Å². The lowest BCUT2D eigenvalue weighted by Crippen LogP contribution is -2.48. The first-order valence-corrected chi connectivity index (χ1v) is 8.72. The zero-order chi connectivity index (χ0) is 18.3. The average Bonchev–Trinajstić information content (AvgIpc) is 2.95. The van der Waals surface area contributed by atoms with Gasteiger partial charge in [0, 0.05) is 50.2 Å². The molecule has 2 aliphatic heterocycles. The average molecular weight is 353 g/mol. The van der Waals surface area contributed by atoms with Crippen molar-refractivity contribution in [1.29, 1.82) is 0 Å². The van der Waals surface area contributed by atoms with Gasteiger partial charge < -0.3 is 14.7 Å². The van der Waals surface area contributed by atoms with E-state index < -0.39 is 0 Å². The minimum Gasteiger partial charge on any atom is -0.368 e. The summed E-state index contributed by atoms with van der Waals surface area (Å²) in [5.74, 6) is -0.287. The van der Waals surface area contributed by atoms with Crippen molar-refractivity contribution in [3.8, 4) is 0 Å². The predicted octanol–water partition coefficient (Wildman–Crippen LogP) is 2.31. The van der Waals surface area contributed by atoms with Gasteiger partial charge in [-0.15, -0.1) is 0 Å². The Morgan fingerprint density at radius 2 is 1.69 bits per heavy atom. The normalized spacial score (nSPS) is 16.8. The summed E-state index contributed by atoms with van der Waals surface area (Å²) >= 11 is 0. The minimum atomic E-state index is -0.341. The van der Waals surface area contributed by atoms with Crippen molar-refractivity contribution in [2.75, 3.05) is 43.0 Å². The summed E-state index contributed by atoms with van der Waals surface area (Å²) in [5, 5.41) is 0. The van der Waals surface area contributed by atoms with Crippen LogP contribution in [0.5, 0.6) is 0 Å². The molecule has 2 aliphatic rings. The highest BCUT2D eigenvalue weighted by Crippen LogP contribution is 2.31. The third kappa shape index (κ3) is 2.92. The molecule has 0 bridgehead atoms.